The zero-order valence-electron chi connectivity index (χ0n) is 19.5. The van der Waals surface area contributed by atoms with Crippen LogP contribution in [-0.4, -0.2) is 49.0 Å². The molecule has 0 aliphatic rings. The molecule has 0 radical (unpaired) electrons. The second kappa shape index (κ2) is 10.4. The lowest BCUT2D eigenvalue weighted by Gasteiger charge is -2.21. The van der Waals surface area contributed by atoms with E-state index in [2.05, 4.69) is 30.6 Å². The SMILES string of the molecule is COc1ccc(CN(C)C(=O)CCc2c(C)nn(CC(C)C)c2C)c(OC)c1OC. The Kier molecular flexibility index (Phi) is 8.15. The molecule has 1 amide bonds. The Balaban J connectivity index is 2.09. The third-order valence-corrected chi connectivity index (χ3v) is 5.28. The fourth-order valence-electron chi connectivity index (χ4n) is 3.67. The Morgan fingerprint density at radius 3 is 2.33 bits per heavy atom. The molecular formula is C23H35N3O4. The van der Waals surface area contributed by atoms with Crippen molar-refractivity contribution in [3.63, 3.8) is 0 Å². The van der Waals surface area contributed by atoms with Gasteiger partial charge >= 0.3 is 0 Å². The van der Waals surface area contributed by atoms with Gasteiger partial charge in [0.2, 0.25) is 11.7 Å². The summed E-state index contributed by atoms with van der Waals surface area (Å²) in [5, 5.41) is 4.65. The maximum absolute atomic E-state index is 12.8. The molecule has 7 nitrogen and oxygen atoms in total. The number of aromatic nitrogens is 2. The standard InChI is InChI=1S/C23H35N3O4/c1-15(2)13-26-17(4)19(16(3)24-26)10-12-21(27)25(5)14-18-9-11-20(28-6)23(30-8)22(18)29-7/h9,11,15H,10,12-14H2,1-8H3. The summed E-state index contributed by atoms with van der Waals surface area (Å²) < 4.78 is 18.4. The Bertz CT molecular complexity index is 874. The van der Waals surface area contributed by atoms with E-state index >= 15 is 0 Å². The van der Waals surface area contributed by atoms with Gasteiger partial charge in [0.05, 0.1) is 27.0 Å². The zero-order valence-corrected chi connectivity index (χ0v) is 19.5. The average molecular weight is 418 g/mol. The summed E-state index contributed by atoms with van der Waals surface area (Å²) >= 11 is 0. The van der Waals surface area contributed by atoms with Gasteiger partial charge in [-0.2, -0.15) is 5.10 Å². The van der Waals surface area contributed by atoms with Gasteiger partial charge in [-0.1, -0.05) is 13.8 Å². The molecule has 0 unspecified atom stereocenters. The number of carbonyl (C=O) groups excluding carboxylic acids is 1. The first-order valence-corrected chi connectivity index (χ1v) is 10.3. The van der Waals surface area contributed by atoms with E-state index in [1.54, 1.807) is 33.3 Å². The van der Waals surface area contributed by atoms with Crippen LogP contribution in [0.3, 0.4) is 0 Å². The predicted molar refractivity (Wildman–Crippen MR) is 117 cm³/mol. The van der Waals surface area contributed by atoms with E-state index in [1.165, 1.54) is 5.56 Å². The van der Waals surface area contributed by atoms with E-state index < -0.39 is 0 Å². The van der Waals surface area contributed by atoms with E-state index in [4.69, 9.17) is 14.2 Å². The molecular weight excluding hydrogens is 382 g/mol. The zero-order chi connectivity index (χ0) is 22.4. The highest BCUT2D eigenvalue weighted by Crippen LogP contribution is 2.40. The Labute approximate surface area is 179 Å². The summed E-state index contributed by atoms with van der Waals surface area (Å²) in [6, 6.07) is 3.72. The number of nitrogens with zero attached hydrogens (tertiary/aromatic N) is 3. The van der Waals surface area contributed by atoms with Crippen molar-refractivity contribution in [1.29, 1.82) is 0 Å². The number of benzene rings is 1. The Hall–Kier alpha value is -2.70. The largest absolute Gasteiger partial charge is 0.493 e. The molecule has 0 bridgehead atoms. The molecule has 0 spiro atoms. The number of methoxy groups -OCH3 is 3. The summed E-state index contributed by atoms with van der Waals surface area (Å²) in [5.74, 6) is 2.30. The number of rotatable bonds is 10. The highest BCUT2D eigenvalue weighted by atomic mass is 16.5. The molecule has 0 N–H and O–H groups in total. The van der Waals surface area contributed by atoms with Crippen molar-refractivity contribution in [3.8, 4) is 17.2 Å². The van der Waals surface area contributed by atoms with Crippen molar-refractivity contribution in [3.05, 3.63) is 34.6 Å². The number of ether oxygens (including phenoxy) is 3. The summed E-state index contributed by atoms with van der Waals surface area (Å²) in [6.45, 7) is 9.77. The number of carbonyl (C=O) groups is 1. The van der Waals surface area contributed by atoms with Gasteiger partial charge in [-0.15, -0.1) is 0 Å². The van der Waals surface area contributed by atoms with Gasteiger partial charge in [0.15, 0.2) is 11.5 Å². The van der Waals surface area contributed by atoms with E-state index in [0.717, 1.165) is 23.5 Å². The second-order valence-electron chi connectivity index (χ2n) is 7.97. The van der Waals surface area contributed by atoms with Gasteiger partial charge in [0.25, 0.3) is 0 Å². The van der Waals surface area contributed by atoms with Crippen LogP contribution >= 0.6 is 0 Å². The first kappa shape index (κ1) is 23.6. The molecule has 1 aromatic carbocycles. The van der Waals surface area contributed by atoms with Crippen LogP contribution in [0.1, 0.15) is 42.8 Å². The minimum atomic E-state index is 0.0715. The van der Waals surface area contributed by atoms with Crippen molar-refractivity contribution in [2.45, 2.75) is 53.6 Å². The van der Waals surface area contributed by atoms with Crippen molar-refractivity contribution >= 4 is 5.91 Å². The normalized spacial score (nSPS) is 11.0. The van der Waals surface area contributed by atoms with Gasteiger partial charge in [-0.3, -0.25) is 9.48 Å². The summed E-state index contributed by atoms with van der Waals surface area (Å²) in [6.07, 6.45) is 1.11. The second-order valence-corrected chi connectivity index (χ2v) is 7.97. The van der Waals surface area contributed by atoms with Crippen LogP contribution in [0.5, 0.6) is 17.2 Å². The molecule has 0 fully saturated rings. The lowest BCUT2D eigenvalue weighted by molar-refractivity contribution is -0.130. The first-order chi connectivity index (χ1) is 14.2. The Morgan fingerprint density at radius 1 is 1.10 bits per heavy atom. The quantitative estimate of drug-likeness (QED) is 0.589. The molecule has 166 valence electrons. The minimum Gasteiger partial charge on any atom is -0.493 e. The van der Waals surface area contributed by atoms with E-state index in [-0.39, 0.29) is 5.91 Å². The Morgan fingerprint density at radius 2 is 1.77 bits per heavy atom. The summed E-state index contributed by atoms with van der Waals surface area (Å²) in [4.78, 5) is 14.5. The highest BCUT2D eigenvalue weighted by Gasteiger charge is 2.20. The molecule has 2 aromatic rings. The predicted octanol–water partition coefficient (Wildman–Crippen LogP) is 3.77. The van der Waals surface area contributed by atoms with E-state index in [1.807, 2.05) is 19.1 Å². The maximum Gasteiger partial charge on any atom is 0.222 e. The molecule has 0 atom stereocenters. The monoisotopic (exact) mass is 417 g/mol. The highest BCUT2D eigenvalue weighted by molar-refractivity contribution is 5.76. The molecule has 0 saturated carbocycles. The summed E-state index contributed by atoms with van der Waals surface area (Å²) in [7, 11) is 6.55. The van der Waals surface area contributed by atoms with E-state index in [0.29, 0.717) is 42.6 Å². The third-order valence-electron chi connectivity index (χ3n) is 5.28. The van der Waals surface area contributed by atoms with Crippen LogP contribution in [0.15, 0.2) is 12.1 Å². The molecule has 2 rings (SSSR count). The smallest absolute Gasteiger partial charge is 0.222 e. The first-order valence-electron chi connectivity index (χ1n) is 10.3. The van der Waals surface area contributed by atoms with Crippen LogP contribution in [-0.2, 0) is 24.3 Å². The minimum absolute atomic E-state index is 0.0715. The van der Waals surface area contributed by atoms with Gasteiger partial charge in [-0.05, 0) is 43.9 Å². The van der Waals surface area contributed by atoms with Crippen molar-refractivity contribution in [2.24, 2.45) is 5.92 Å². The van der Waals surface area contributed by atoms with Crippen molar-refractivity contribution < 1.29 is 19.0 Å². The molecule has 0 saturated heterocycles. The van der Waals surface area contributed by atoms with Crippen molar-refractivity contribution in [2.75, 3.05) is 28.4 Å². The topological polar surface area (TPSA) is 65.8 Å². The number of hydrogen-bond acceptors (Lipinski definition) is 5. The lowest BCUT2D eigenvalue weighted by Crippen LogP contribution is -2.26. The summed E-state index contributed by atoms with van der Waals surface area (Å²) in [5.41, 5.74) is 4.19. The van der Waals surface area contributed by atoms with Crippen LogP contribution in [0, 0.1) is 19.8 Å². The molecule has 30 heavy (non-hydrogen) atoms. The maximum atomic E-state index is 12.8. The van der Waals surface area contributed by atoms with Gasteiger partial charge < -0.3 is 19.1 Å². The molecule has 1 aromatic heterocycles. The van der Waals surface area contributed by atoms with Gasteiger partial charge in [0.1, 0.15) is 0 Å². The molecule has 0 aliphatic heterocycles. The average Bonchev–Trinajstić information content (AvgIpc) is 2.97. The molecule has 7 heteroatoms. The van der Waals surface area contributed by atoms with Gasteiger partial charge in [-0.25, -0.2) is 0 Å². The number of amides is 1. The van der Waals surface area contributed by atoms with Crippen LogP contribution < -0.4 is 14.2 Å². The van der Waals surface area contributed by atoms with Crippen LogP contribution in [0.2, 0.25) is 0 Å². The molecule has 1 heterocycles. The molecule has 0 aliphatic carbocycles. The van der Waals surface area contributed by atoms with Crippen LogP contribution in [0.4, 0.5) is 0 Å². The van der Waals surface area contributed by atoms with Crippen LogP contribution in [0.25, 0.3) is 0 Å². The fourth-order valence-corrected chi connectivity index (χ4v) is 3.67. The lowest BCUT2D eigenvalue weighted by atomic mass is 10.1. The van der Waals surface area contributed by atoms with E-state index in [9.17, 15) is 4.79 Å². The number of aryl methyl sites for hydroxylation is 1. The fraction of sp³-hybridized carbons (Fsp3) is 0.565. The number of hydrogen-bond donors (Lipinski definition) is 0. The van der Waals surface area contributed by atoms with Gasteiger partial charge in [0, 0.05) is 37.8 Å². The third kappa shape index (κ3) is 5.26. The van der Waals surface area contributed by atoms with Crippen molar-refractivity contribution in [1.82, 2.24) is 14.7 Å².